The molecule has 3 saturated carbocycles. The number of carbonyl (C=O) groups excluding carboxylic acids is 1. The fourth-order valence-corrected chi connectivity index (χ4v) is 6.78. The monoisotopic (exact) mass is 302 g/mol. The van der Waals surface area contributed by atoms with Crippen molar-refractivity contribution in [3.63, 3.8) is 0 Å². The first-order valence-corrected chi connectivity index (χ1v) is 9.24. The predicted molar refractivity (Wildman–Crippen MR) is 87.3 cm³/mol. The van der Waals surface area contributed by atoms with Crippen molar-refractivity contribution >= 4 is 5.78 Å². The molecule has 1 N–H and O–H groups in total. The Balaban J connectivity index is 1.74. The molecule has 0 spiro atoms. The van der Waals surface area contributed by atoms with Crippen LogP contribution in [0.25, 0.3) is 0 Å². The Morgan fingerprint density at radius 3 is 2.68 bits per heavy atom. The van der Waals surface area contributed by atoms with Gasteiger partial charge in [0.15, 0.2) is 0 Å². The quantitative estimate of drug-likeness (QED) is 0.683. The minimum atomic E-state index is -0.134. The molecule has 7 atom stereocenters. The minimum absolute atomic E-state index is 0.134. The lowest BCUT2D eigenvalue weighted by molar-refractivity contribution is -0.118. The maximum Gasteiger partial charge on any atom is 0.133 e. The Hall–Kier alpha value is -0.630. The molecule has 0 amide bonds. The molecule has 22 heavy (non-hydrogen) atoms. The van der Waals surface area contributed by atoms with Crippen molar-refractivity contribution in [1.82, 2.24) is 0 Å². The van der Waals surface area contributed by atoms with E-state index in [1.54, 1.807) is 0 Å². The highest BCUT2D eigenvalue weighted by atomic mass is 16.3. The second-order valence-electron chi connectivity index (χ2n) is 9.27. The Morgan fingerprint density at radius 2 is 1.91 bits per heavy atom. The van der Waals surface area contributed by atoms with Gasteiger partial charge in [-0.2, -0.15) is 0 Å². The molecule has 3 fully saturated rings. The molecule has 0 aromatic heterocycles. The summed E-state index contributed by atoms with van der Waals surface area (Å²) in [6, 6.07) is 0. The van der Waals surface area contributed by atoms with Crippen molar-refractivity contribution in [1.29, 1.82) is 0 Å². The normalized spacial score (nSPS) is 54.3. The maximum atomic E-state index is 12.2. The number of rotatable bonds is 0. The van der Waals surface area contributed by atoms with Crippen LogP contribution in [0.15, 0.2) is 11.6 Å². The molecule has 0 radical (unpaired) electrons. The van der Waals surface area contributed by atoms with E-state index >= 15 is 0 Å². The van der Waals surface area contributed by atoms with Crippen LogP contribution >= 0.6 is 0 Å². The van der Waals surface area contributed by atoms with Crippen LogP contribution in [0.4, 0.5) is 0 Å². The minimum Gasteiger partial charge on any atom is -0.393 e. The van der Waals surface area contributed by atoms with Crippen LogP contribution < -0.4 is 0 Å². The van der Waals surface area contributed by atoms with Crippen LogP contribution in [0.1, 0.15) is 65.7 Å². The molecule has 4 aliphatic rings. The number of carbonyl (C=O) groups is 1. The molecule has 0 heterocycles. The first-order chi connectivity index (χ1) is 10.3. The van der Waals surface area contributed by atoms with Crippen molar-refractivity contribution in [2.24, 2.45) is 34.5 Å². The maximum absolute atomic E-state index is 12.2. The zero-order chi connectivity index (χ0) is 15.7. The van der Waals surface area contributed by atoms with E-state index in [4.69, 9.17) is 0 Å². The number of hydrogen-bond donors (Lipinski definition) is 1. The summed E-state index contributed by atoms with van der Waals surface area (Å²) in [6.45, 7) is 7.19. The van der Waals surface area contributed by atoms with Gasteiger partial charge in [0.1, 0.15) is 5.78 Å². The average Bonchev–Trinajstić information content (AvgIpc) is 2.75. The van der Waals surface area contributed by atoms with E-state index in [0.29, 0.717) is 23.5 Å². The van der Waals surface area contributed by atoms with Crippen LogP contribution in [-0.2, 0) is 4.79 Å². The van der Waals surface area contributed by atoms with Crippen molar-refractivity contribution in [2.45, 2.75) is 71.8 Å². The van der Waals surface area contributed by atoms with Crippen LogP contribution in [0, 0.1) is 34.5 Å². The fourth-order valence-electron chi connectivity index (χ4n) is 6.78. The van der Waals surface area contributed by atoms with Gasteiger partial charge >= 0.3 is 0 Å². The molecule has 0 aromatic carbocycles. The molecule has 0 saturated heterocycles. The molecule has 2 heteroatoms. The summed E-state index contributed by atoms with van der Waals surface area (Å²) in [5.41, 5.74) is 2.07. The van der Waals surface area contributed by atoms with Gasteiger partial charge in [0.25, 0.3) is 0 Å². The molecule has 0 aliphatic heterocycles. The van der Waals surface area contributed by atoms with Crippen molar-refractivity contribution in [3.05, 3.63) is 11.6 Å². The lowest BCUT2D eigenvalue weighted by Gasteiger charge is -2.58. The third-order valence-corrected chi connectivity index (χ3v) is 7.98. The van der Waals surface area contributed by atoms with E-state index in [9.17, 15) is 9.90 Å². The zero-order valence-electron chi connectivity index (χ0n) is 14.3. The van der Waals surface area contributed by atoms with Gasteiger partial charge in [-0.05, 0) is 66.6 Å². The lowest BCUT2D eigenvalue weighted by atomic mass is 9.46. The van der Waals surface area contributed by atoms with Gasteiger partial charge < -0.3 is 5.11 Å². The number of aliphatic hydroxyl groups excluding tert-OH is 1. The van der Waals surface area contributed by atoms with Gasteiger partial charge in [-0.25, -0.2) is 0 Å². The Labute approximate surface area is 134 Å². The Morgan fingerprint density at radius 1 is 1.14 bits per heavy atom. The highest BCUT2D eigenvalue weighted by Crippen LogP contribution is 2.65. The molecule has 0 bridgehead atoms. The van der Waals surface area contributed by atoms with E-state index in [2.05, 4.69) is 26.8 Å². The second kappa shape index (κ2) is 4.69. The Kier molecular flexibility index (Phi) is 3.18. The highest BCUT2D eigenvalue weighted by molar-refractivity contribution is 5.82. The zero-order valence-corrected chi connectivity index (χ0v) is 14.3. The second-order valence-corrected chi connectivity index (χ2v) is 9.27. The summed E-state index contributed by atoms with van der Waals surface area (Å²) in [5.74, 6) is 3.05. The van der Waals surface area contributed by atoms with Crippen molar-refractivity contribution < 1.29 is 9.90 Å². The SMILES string of the molecule is C[C@H]1C=C2C[C@@H](O)CC[C@]2(C)[C@H]2CC[C@]3(C)CC(=O)C[C@H]3[C@H]12. The van der Waals surface area contributed by atoms with Gasteiger partial charge in [-0.3, -0.25) is 4.79 Å². The van der Waals surface area contributed by atoms with Gasteiger partial charge in [0.2, 0.25) is 0 Å². The van der Waals surface area contributed by atoms with E-state index in [-0.39, 0.29) is 16.9 Å². The van der Waals surface area contributed by atoms with Crippen LogP contribution in [0.5, 0.6) is 0 Å². The molecular weight excluding hydrogens is 272 g/mol. The van der Waals surface area contributed by atoms with Crippen LogP contribution in [0.3, 0.4) is 0 Å². The summed E-state index contributed by atoms with van der Waals surface area (Å²) < 4.78 is 0. The van der Waals surface area contributed by atoms with Crippen molar-refractivity contribution in [3.8, 4) is 0 Å². The van der Waals surface area contributed by atoms with E-state index in [1.165, 1.54) is 18.4 Å². The standard InChI is InChI=1S/C20H30O2/c1-12-8-13-9-14(21)4-7-20(13,3)16-5-6-19(2)11-15(22)10-17(19)18(12)16/h8,12,14,16-18,21H,4-7,9-11H2,1-3H3/t12-,14-,16-,17-,18+,19+,20-/m0/s1. The largest absolute Gasteiger partial charge is 0.393 e. The average molecular weight is 302 g/mol. The molecule has 122 valence electrons. The lowest BCUT2D eigenvalue weighted by Crippen LogP contribution is -2.51. The Bertz CT molecular complexity index is 536. The van der Waals surface area contributed by atoms with Gasteiger partial charge in [-0.15, -0.1) is 0 Å². The molecule has 2 nitrogen and oxygen atoms in total. The van der Waals surface area contributed by atoms with Gasteiger partial charge in [-0.1, -0.05) is 32.4 Å². The van der Waals surface area contributed by atoms with Gasteiger partial charge in [0.05, 0.1) is 6.10 Å². The van der Waals surface area contributed by atoms with Crippen LogP contribution in [-0.4, -0.2) is 17.0 Å². The number of Topliss-reactive ketones (excluding diaryl/α,β-unsaturated/α-hetero) is 1. The first kappa shape index (κ1) is 14.9. The molecule has 0 aromatic rings. The first-order valence-electron chi connectivity index (χ1n) is 9.24. The van der Waals surface area contributed by atoms with E-state index in [1.807, 2.05) is 0 Å². The smallest absolute Gasteiger partial charge is 0.133 e. The molecular formula is C20H30O2. The number of hydrogen-bond acceptors (Lipinski definition) is 2. The van der Waals surface area contributed by atoms with E-state index in [0.717, 1.165) is 38.0 Å². The summed E-state index contributed by atoms with van der Waals surface area (Å²) >= 11 is 0. The summed E-state index contributed by atoms with van der Waals surface area (Å²) in [6.07, 6.45) is 9.46. The van der Waals surface area contributed by atoms with Crippen LogP contribution in [0.2, 0.25) is 0 Å². The van der Waals surface area contributed by atoms with Crippen molar-refractivity contribution in [2.75, 3.05) is 0 Å². The number of allylic oxidation sites excluding steroid dienone is 1. The predicted octanol–water partition coefficient (Wildman–Crippen LogP) is 4.13. The summed E-state index contributed by atoms with van der Waals surface area (Å²) in [5, 5.41) is 10.1. The third-order valence-electron chi connectivity index (χ3n) is 7.98. The molecule has 0 unspecified atom stereocenters. The number of fused-ring (bicyclic) bond motifs is 5. The molecule has 4 aliphatic carbocycles. The van der Waals surface area contributed by atoms with Gasteiger partial charge in [0, 0.05) is 12.8 Å². The van der Waals surface area contributed by atoms with E-state index < -0.39 is 0 Å². The topological polar surface area (TPSA) is 37.3 Å². The molecule has 4 rings (SSSR count). The summed E-state index contributed by atoms with van der Waals surface area (Å²) in [4.78, 5) is 12.2. The third kappa shape index (κ3) is 1.92. The highest BCUT2D eigenvalue weighted by Gasteiger charge is 2.58. The number of ketones is 1. The fraction of sp³-hybridized carbons (Fsp3) is 0.850. The summed E-state index contributed by atoms with van der Waals surface area (Å²) in [7, 11) is 0. The number of aliphatic hydroxyl groups is 1.